The second-order valence-corrected chi connectivity index (χ2v) is 5.55. The molecule has 2 aliphatic carbocycles. The Morgan fingerprint density at radius 1 is 1.12 bits per heavy atom. The third-order valence-electron chi connectivity index (χ3n) is 4.15. The maximum Gasteiger partial charge on any atom is -0.0248 e. The lowest BCUT2D eigenvalue weighted by Crippen LogP contribution is -1.91. The monoisotopic (exact) mass is 218 g/mol. The summed E-state index contributed by atoms with van der Waals surface area (Å²) in [6.45, 7) is 2.28. The number of rotatable bonds is 7. The van der Waals surface area contributed by atoms with Gasteiger partial charge in [-0.1, -0.05) is 50.3 Å². The number of hydrogen-bond acceptors (Lipinski definition) is 0. The molecule has 0 heterocycles. The van der Waals surface area contributed by atoms with Gasteiger partial charge in [-0.2, -0.15) is 0 Å². The van der Waals surface area contributed by atoms with E-state index < -0.39 is 0 Å². The van der Waals surface area contributed by atoms with Crippen LogP contribution in [0.2, 0.25) is 0 Å². The summed E-state index contributed by atoms with van der Waals surface area (Å²) in [5.41, 5.74) is 3.48. The van der Waals surface area contributed by atoms with Crippen LogP contribution in [0.5, 0.6) is 0 Å². The van der Waals surface area contributed by atoms with E-state index in [1.54, 1.807) is 11.1 Å². The Morgan fingerprint density at radius 3 is 2.69 bits per heavy atom. The second kappa shape index (κ2) is 6.27. The van der Waals surface area contributed by atoms with Crippen LogP contribution in [0, 0.1) is 5.92 Å². The quantitative estimate of drug-likeness (QED) is 0.502. The minimum atomic E-state index is 1.03. The van der Waals surface area contributed by atoms with E-state index in [4.69, 9.17) is 0 Å². The highest BCUT2D eigenvalue weighted by atomic mass is 14.3. The summed E-state index contributed by atoms with van der Waals surface area (Å²) in [5.74, 6) is 1.03. The lowest BCUT2D eigenvalue weighted by Gasteiger charge is -2.07. The largest absolute Gasteiger partial charge is 0.0843 e. The van der Waals surface area contributed by atoms with Crippen LogP contribution >= 0.6 is 0 Å². The van der Waals surface area contributed by atoms with Crippen LogP contribution in [-0.4, -0.2) is 0 Å². The zero-order chi connectivity index (χ0) is 11.2. The maximum absolute atomic E-state index is 2.44. The molecule has 1 saturated carbocycles. The van der Waals surface area contributed by atoms with E-state index in [1.165, 1.54) is 64.2 Å². The van der Waals surface area contributed by atoms with Crippen LogP contribution in [-0.2, 0) is 0 Å². The molecule has 0 N–H and O–H groups in total. The molecule has 90 valence electrons. The molecule has 0 aromatic carbocycles. The maximum atomic E-state index is 2.44. The predicted octanol–water partition coefficient (Wildman–Crippen LogP) is 5.40. The van der Waals surface area contributed by atoms with Gasteiger partial charge in [-0.3, -0.25) is 0 Å². The third-order valence-corrected chi connectivity index (χ3v) is 4.15. The Morgan fingerprint density at radius 2 is 2.00 bits per heavy atom. The summed E-state index contributed by atoms with van der Waals surface area (Å²) in [6, 6.07) is 0. The van der Waals surface area contributed by atoms with Crippen molar-refractivity contribution in [3.05, 3.63) is 23.3 Å². The Hall–Kier alpha value is -0.520. The molecule has 0 saturated heterocycles. The Labute approximate surface area is 101 Å². The molecule has 2 aliphatic rings. The second-order valence-electron chi connectivity index (χ2n) is 5.55. The van der Waals surface area contributed by atoms with Gasteiger partial charge < -0.3 is 0 Å². The average molecular weight is 218 g/mol. The van der Waals surface area contributed by atoms with Crippen LogP contribution in [0.15, 0.2) is 23.3 Å². The number of hydrogen-bond donors (Lipinski definition) is 0. The van der Waals surface area contributed by atoms with Gasteiger partial charge in [-0.05, 0) is 50.0 Å². The highest BCUT2D eigenvalue weighted by Gasteiger charge is 2.28. The molecule has 0 aromatic heterocycles. The summed E-state index contributed by atoms with van der Waals surface area (Å²) in [4.78, 5) is 0. The summed E-state index contributed by atoms with van der Waals surface area (Å²) < 4.78 is 0. The van der Waals surface area contributed by atoms with Crippen LogP contribution in [0.3, 0.4) is 0 Å². The van der Waals surface area contributed by atoms with Gasteiger partial charge in [0.2, 0.25) is 0 Å². The van der Waals surface area contributed by atoms with Gasteiger partial charge in [-0.25, -0.2) is 0 Å². The minimum absolute atomic E-state index is 1.03. The fourth-order valence-electron chi connectivity index (χ4n) is 3.13. The first-order chi connectivity index (χ1) is 7.90. The number of unbranched alkanes of at least 4 members (excludes halogenated alkanes) is 5. The Balaban J connectivity index is 1.59. The third kappa shape index (κ3) is 3.23. The molecule has 0 aliphatic heterocycles. The highest BCUT2D eigenvalue weighted by Crippen LogP contribution is 2.44. The van der Waals surface area contributed by atoms with Crippen molar-refractivity contribution in [1.29, 1.82) is 0 Å². The van der Waals surface area contributed by atoms with Crippen molar-refractivity contribution in [2.24, 2.45) is 5.92 Å². The molecule has 1 fully saturated rings. The standard InChI is InChI=1S/C16H26/c1-2-3-4-5-6-7-8-9-15-12-14-10-11-16(15)13-14/h8-9,14H,2-7,10-13H2,1H3/b9-8+. The van der Waals surface area contributed by atoms with Crippen molar-refractivity contribution in [2.45, 2.75) is 71.1 Å². The molecule has 0 spiro atoms. The van der Waals surface area contributed by atoms with E-state index in [2.05, 4.69) is 19.1 Å². The molecule has 0 aromatic rings. The SMILES string of the molecule is CCCCCCC/C=C/C1=C2CCC(C1)C2. The summed E-state index contributed by atoms with van der Waals surface area (Å²) in [7, 11) is 0. The van der Waals surface area contributed by atoms with Crippen molar-refractivity contribution in [3.63, 3.8) is 0 Å². The van der Waals surface area contributed by atoms with E-state index in [0.717, 1.165) is 5.92 Å². The zero-order valence-corrected chi connectivity index (χ0v) is 10.8. The molecular formula is C16H26. The molecule has 1 unspecified atom stereocenters. The minimum Gasteiger partial charge on any atom is -0.0843 e. The van der Waals surface area contributed by atoms with Crippen molar-refractivity contribution < 1.29 is 0 Å². The van der Waals surface area contributed by atoms with Gasteiger partial charge in [0.25, 0.3) is 0 Å². The highest BCUT2D eigenvalue weighted by molar-refractivity contribution is 5.33. The van der Waals surface area contributed by atoms with Gasteiger partial charge in [-0.15, -0.1) is 0 Å². The van der Waals surface area contributed by atoms with E-state index in [1.807, 2.05) is 0 Å². The molecule has 2 rings (SSSR count). The molecule has 0 nitrogen and oxygen atoms in total. The van der Waals surface area contributed by atoms with Gasteiger partial charge in [0.05, 0.1) is 0 Å². The van der Waals surface area contributed by atoms with Gasteiger partial charge in [0.15, 0.2) is 0 Å². The fraction of sp³-hybridized carbons (Fsp3) is 0.750. The first-order valence-corrected chi connectivity index (χ1v) is 7.27. The summed E-state index contributed by atoms with van der Waals surface area (Å²) in [6.07, 6.45) is 18.9. The molecular weight excluding hydrogens is 192 g/mol. The lowest BCUT2D eigenvalue weighted by molar-refractivity contribution is 0.567. The van der Waals surface area contributed by atoms with Crippen LogP contribution in [0.1, 0.15) is 71.1 Å². The number of fused-ring (bicyclic) bond motifs is 2. The van der Waals surface area contributed by atoms with Gasteiger partial charge >= 0.3 is 0 Å². The topological polar surface area (TPSA) is 0 Å². The zero-order valence-electron chi connectivity index (χ0n) is 10.8. The molecule has 1 atom stereocenters. The van der Waals surface area contributed by atoms with E-state index in [9.17, 15) is 0 Å². The predicted molar refractivity (Wildman–Crippen MR) is 71.5 cm³/mol. The van der Waals surface area contributed by atoms with Crippen molar-refractivity contribution in [3.8, 4) is 0 Å². The van der Waals surface area contributed by atoms with E-state index >= 15 is 0 Å². The summed E-state index contributed by atoms with van der Waals surface area (Å²) >= 11 is 0. The first kappa shape index (κ1) is 12.0. The molecule has 0 heteroatoms. The lowest BCUT2D eigenvalue weighted by atomic mass is 9.98. The van der Waals surface area contributed by atoms with Crippen LogP contribution in [0.4, 0.5) is 0 Å². The van der Waals surface area contributed by atoms with Crippen LogP contribution < -0.4 is 0 Å². The van der Waals surface area contributed by atoms with Gasteiger partial charge in [0, 0.05) is 0 Å². The van der Waals surface area contributed by atoms with Crippen molar-refractivity contribution in [1.82, 2.24) is 0 Å². The first-order valence-electron chi connectivity index (χ1n) is 7.27. The van der Waals surface area contributed by atoms with E-state index in [-0.39, 0.29) is 0 Å². The van der Waals surface area contributed by atoms with Crippen LogP contribution in [0.25, 0.3) is 0 Å². The Kier molecular flexibility index (Phi) is 4.69. The van der Waals surface area contributed by atoms with Gasteiger partial charge in [0.1, 0.15) is 0 Å². The van der Waals surface area contributed by atoms with Crippen molar-refractivity contribution in [2.75, 3.05) is 0 Å². The smallest absolute Gasteiger partial charge is 0.0248 e. The summed E-state index contributed by atoms with van der Waals surface area (Å²) in [5, 5.41) is 0. The Bertz CT molecular complexity index is 270. The molecule has 16 heavy (non-hydrogen) atoms. The normalized spacial score (nSPS) is 23.9. The van der Waals surface area contributed by atoms with E-state index in [0.29, 0.717) is 0 Å². The average Bonchev–Trinajstić information content (AvgIpc) is 2.90. The van der Waals surface area contributed by atoms with Crippen molar-refractivity contribution >= 4 is 0 Å². The fourth-order valence-corrected chi connectivity index (χ4v) is 3.13. The molecule has 0 amide bonds. The molecule has 2 bridgehead atoms. The number of allylic oxidation sites excluding steroid dienone is 4. The molecule has 0 radical (unpaired) electrons.